The summed E-state index contributed by atoms with van der Waals surface area (Å²) in [5, 5.41) is 14.2. The summed E-state index contributed by atoms with van der Waals surface area (Å²) in [6, 6.07) is 14.5. The first-order chi connectivity index (χ1) is 22.1. The Kier molecular flexibility index (Phi) is 11.6. The van der Waals surface area contributed by atoms with Crippen LogP contribution in [0.3, 0.4) is 0 Å². The molecule has 0 bridgehead atoms. The summed E-state index contributed by atoms with van der Waals surface area (Å²) in [6.45, 7) is 8.87. The number of hydrogen-bond donors (Lipinski definition) is 2. The highest BCUT2D eigenvalue weighted by atomic mass is 32.2. The number of ether oxygens (including phenoxy) is 3. The van der Waals surface area contributed by atoms with Crippen molar-refractivity contribution < 1.29 is 33.4 Å². The third-order valence-corrected chi connectivity index (χ3v) is 8.92. The lowest BCUT2D eigenvalue weighted by atomic mass is 10.1. The Labute approximate surface area is 274 Å². The Bertz CT molecular complexity index is 1750. The molecule has 2 N–H and O–H groups in total. The molecule has 0 radical (unpaired) electrons. The zero-order valence-electron chi connectivity index (χ0n) is 26.3. The van der Waals surface area contributed by atoms with Crippen molar-refractivity contribution >= 4 is 51.9 Å². The molecule has 2 amide bonds. The third-order valence-electron chi connectivity index (χ3n) is 6.69. The lowest BCUT2D eigenvalue weighted by molar-refractivity contribution is -0.115. The van der Waals surface area contributed by atoms with Crippen molar-refractivity contribution in [2.24, 2.45) is 0 Å². The van der Waals surface area contributed by atoms with Gasteiger partial charge in [-0.1, -0.05) is 41.6 Å². The topological polar surface area (TPSA) is 151 Å². The number of rotatable bonds is 13. The van der Waals surface area contributed by atoms with Gasteiger partial charge < -0.3 is 24.8 Å². The number of hydrogen-bond acceptors (Lipinski definition) is 11. The summed E-state index contributed by atoms with van der Waals surface area (Å²) in [4.78, 5) is 52.0. The smallest absolute Gasteiger partial charge is 0.348 e. The van der Waals surface area contributed by atoms with E-state index in [4.69, 9.17) is 14.2 Å². The van der Waals surface area contributed by atoms with Crippen molar-refractivity contribution in [3.8, 4) is 11.4 Å². The number of thiophene rings is 1. The van der Waals surface area contributed by atoms with E-state index < -0.39 is 23.1 Å². The summed E-state index contributed by atoms with van der Waals surface area (Å²) < 4.78 is 17.7. The second kappa shape index (κ2) is 15.5. The number of carbonyl (C=O) groups excluding carboxylic acids is 4. The van der Waals surface area contributed by atoms with Crippen LogP contribution in [0.1, 0.15) is 68.1 Å². The summed E-state index contributed by atoms with van der Waals surface area (Å²) >= 11 is 2.07. The molecular weight excluding hydrogens is 631 g/mol. The van der Waals surface area contributed by atoms with Crippen LogP contribution in [0.4, 0.5) is 5.00 Å². The number of aryl methyl sites for hydroxylation is 1. The quantitative estimate of drug-likeness (QED) is 0.141. The van der Waals surface area contributed by atoms with Crippen LogP contribution in [-0.4, -0.2) is 64.1 Å². The Morgan fingerprint density at radius 3 is 2.39 bits per heavy atom. The zero-order valence-corrected chi connectivity index (χ0v) is 28.0. The van der Waals surface area contributed by atoms with E-state index in [1.807, 2.05) is 37.3 Å². The summed E-state index contributed by atoms with van der Waals surface area (Å²) in [5.74, 6) is -1.02. The minimum atomic E-state index is -0.740. The lowest BCUT2D eigenvalue weighted by Crippen LogP contribution is -2.25. The maximum absolute atomic E-state index is 13.5. The minimum absolute atomic E-state index is 0.0486. The predicted octanol–water partition coefficient (Wildman–Crippen LogP) is 5.36. The van der Waals surface area contributed by atoms with E-state index in [2.05, 4.69) is 20.8 Å². The summed E-state index contributed by atoms with van der Waals surface area (Å²) in [5.41, 5.74) is 2.55. The number of anilines is 1. The van der Waals surface area contributed by atoms with Crippen LogP contribution in [0, 0.1) is 13.8 Å². The highest BCUT2D eigenvalue weighted by molar-refractivity contribution is 8.00. The fourth-order valence-corrected chi connectivity index (χ4v) is 6.43. The fraction of sp³-hybridized carbons (Fsp3) is 0.312. The van der Waals surface area contributed by atoms with E-state index in [1.54, 1.807) is 57.6 Å². The zero-order chi connectivity index (χ0) is 33.4. The van der Waals surface area contributed by atoms with Gasteiger partial charge >= 0.3 is 11.9 Å². The lowest BCUT2D eigenvalue weighted by Gasteiger charge is -2.16. The first-order valence-corrected chi connectivity index (χ1v) is 16.2. The van der Waals surface area contributed by atoms with Gasteiger partial charge in [0.1, 0.15) is 15.6 Å². The van der Waals surface area contributed by atoms with Crippen LogP contribution in [0.5, 0.6) is 5.75 Å². The number of aromatic nitrogens is 3. The average Bonchev–Trinajstić information content (AvgIpc) is 3.59. The average molecular weight is 666 g/mol. The molecule has 0 aliphatic carbocycles. The van der Waals surface area contributed by atoms with Gasteiger partial charge in [0.25, 0.3) is 5.91 Å². The molecule has 0 fully saturated rings. The highest BCUT2D eigenvalue weighted by Gasteiger charge is 2.29. The van der Waals surface area contributed by atoms with Gasteiger partial charge in [-0.3, -0.25) is 14.2 Å². The Morgan fingerprint density at radius 1 is 0.978 bits per heavy atom. The molecule has 242 valence electrons. The molecule has 0 saturated carbocycles. The van der Waals surface area contributed by atoms with Gasteiger partial charge in [0.15, 0.2) is 11.0 Å². The number of nitrogens with one attached hydrogen (secondary N) is 2. The maximum atomic E-state index is 13.5. The first-order valence-electron chi connectivity index (χ1n) is 14.5. The Morgan fingerprint density at radius 2 is 1.70 bits per heavy atom. The number of para-hydroxylation sites is 2. The molecule has 2 aromatic carbocycles. The first kappa shape index (κ1) is 34.2. The van der Waals surface area contributed by atoms with Gasteiger partial charge in [0, 0.05) is 5.56 Å². The molecular formula is C32H35N5O7S2. The van der Waals surface area contributed by atoms with Gasteiger partial charge in [-0.05, 0) is 64.4 Å². The molecule has 0 unspecified atom stereocenters. The van der Waals surface area contributed by atoms with E-state index in [9.17, 15) is 19.2 Å². The predicted molar refractivity (Wildman–Crippen MR) is 175 cm³/mol. The van der Waals surface area contributed by atoms with E-state index in [0.29, 0.717) is 33.5 Å². The van der Waals surface area contributed by atoms with E-state index in [1.165, 1.54) is 0 Å². The molecule has 0 spiro atoms. The maximum Gasteiger partial charge on any atom is 0.348 e. The fourth-order valence-electron chi connectivity index (χ4n) is 4.46. The molecule has 4 aromatic rings. The normalized spacial score (nSPS) is 11.4. The standard InChI is InChI=1S/C32H35N5O7S2/c1-7-43-30(40)25-19(4)26(31(41)44-8-2)46-29(25)34-27(38)20(5)45-32-36-35-24(37(32)22-14-9-10-15-23(22)42-6)17-33-28(39)21-13-11-12-18(3)16-21/h9-16,20H,7-8,17H2,1-6H3,(H,33,39)(H,34,38)/t20-/m0/s1. The van der Waals surface area contributed by atoms with Crippen molar-refractivity contribution in [2.45, 2.75) is 51.6 Å². The van der Waals surface area contributed by atoms with Crippen LogP contribution >= 0.6 is 23.1 Å². The Balaban J connectivity index is 1.62. The van der Waals surface area contributed by atoms with Gasteiger partial charge in [-0.25, -0.2) is 9.59 Å². The van der Waals surface area contributed by atoms with E-state index in [-0.39, 0.29) is 41.1 Å². The molecule has 0 aliphatic rings. The summed E-state index contributed by atoms with van der Waals surface area (Å²) in [6.07, 6.45) is 0. The number of esters is 2. The molecule has 46 heavy (non-hydrogen) atoms. The van der Waals surface area contributed by atoms with Crippen LogP contribution in [0.2, 0.25) is 0 Å². The van der Waals surface area contributed by atoms with Crippen molar-refractivity contribution in [1.29, 1.82) is 0 Å². The van der Waals surface area contributed by atoms with Crippen molar-refractivity contribution in [3.05, 3.63) is 81.5 Å². The number of amides is 2. The van der Waals surface area contributed by atoms with Crippen molar-refractivity contribution in [3.63, 3.8) is 0 Å². The SMILES string of the molecule is CCOC(=O)c1sc(NC(=O)[C@H](C)Sc2nnc(CNC(=O)c3cccc(C)c3)n2-c2ccccc2OC)c(C(=O)OCC)c1C. The van der Waals surface area contributed by atoms with Crippen LogP contribution in [-0.2, 0) is 20.8 Å². The molecule has 2 aromatic heterocycles. The van der Waals surface area contributed by atoms with Crippen LogP contribution in [0.25, 0.3) is 5.69 Å². The molecule has 1 atom stereocenters. The van der Waals surface area contributed by atoms with Gasteiger partial charge in [0.05, 0.1) is 43.4 Å². The van der Waals surface area contributed by atoms with Crippen molar-refractivity contribution in [2.75, 3.05) is 25.6 Å². The van der Waals surface area contributed by atoms with Crippen molar-refractivity contribution in [1.82, 2.24) is 20.1 Å². The molecule has 14 heteroatoms. The second-order valence-corrected chi connectivity index (χ2v) is 12.2. The van der Waals surface area contributed by atoms with E-state index >= 15 is 0 Å². The van der Waals surface area contributed by atoms with Gasteiger partial charge in [-0.15, -0.1) is 21.5 Å². The molecule has 0 saturated heterocycles. The number of thioether (sulfide) groups is 1. The number of nitrogens with zero attached hydrogens (tertiary/aromatic N) is 3. The molecule has 12 nitrogen and oxygen atoms in total. The second-order valence-electron chi connectivity index (χ2n) is 9.91. The third kappa shape index (κ3) is 7.74. The number of carbonyl (C=O) groups is 4. The molecule has 2 heterocycles. The molecule has 0 aliphatic heterocycles. The van der Waals surface area contributed by atoms with Gasteiger partial charge in [0.2, 0.25) is 5.91 Å². The number of benzene rings is 2. The minimum Gasteiger partial charge on any atom is -0.495 e. The molecule has 4 rings (SSSR count). The van der Waals surface area contributed by atoms with Crippen LogP contribution in [0.15, 0.2) is 53.7 Å². The largest absolute Gasteiger partial charge is 0.495 e. The number of methoxy groups -OCH3 is 1. The summed E-state index contributed by atoms with van der Waals surface area (Å²) in [7, 11) is 1.54. The monoisotopic (exact) mass is 665 g/mol. The Hall–Kier alpha value is -4.69. The van der Waals surface area contributed by atoms with E-state index in [0.717, 1.165) is 28.7 Å². The van der Waals surface area contributed by atoms with Crippen LogP contribution < -0.4 is 15.4 Å². The van der Waals surface area contributed by atoms with Gasteiger partial charge in [-0.2, -0.15) is 0 Å². The highest BCUT2D eigenvalue weighted by Crippen LogP contribution is 2.36.